The highest BCUT2D eigenvalue weighted by molar-refractivity contribution is 5.87. The predicted molar refractivity (Wildman–Crippen MR) is 92.5 cm³/mol. The van der Waals surface area contributed by atoms with Crippen molar-refractivity contribution in [1.82, 2.24) is 4.90 Å². The predicted octanol–water partition coefficient (Wildman–Crippen LogP) is 3.68. The second kappa shape index (κ2) is 6.16. The lowest BCUT2D eigenvalue weighted by molar-refractivity contribution is 0.0585. The Hall–Kier alpha value is -1.55. The van der Waals surface area contributed by atoms with Crippen LogP contribution in [0.2, 0.25) is 0 Å². The largest absolute Gasteiger partial charge is 0.491 e. The summed E-state index contributed by atoms with van der Waals surface area (Å²) < 4.78 is 5.90. The summed E-state index contributed by atoms with van der Waals surface area (Å²) in [4.78, 5) is 2.42. The van der Waals surface area contributed by atoms with Crippen LogP contribution in [0.1, 0.15) is 45.6 Å². The summed E-state index contributed by atoms with van der Waals surface area (Å²) in [7, 11) is 2.18. The number of piperidine rings is 1. The van der Waals surface area contributed by atoms with E-state index >= 15 is 0 Å². The first-order chi connectivity index (χ1) is 10.9. The highest BCUT2D eigenvalue weighted by Gasteiger charge is 2.49. The first kappa shape index (κ1) is 16.3. The quantitative estimate of drug-likeness (QED) is 0.683. The summed E-state index contributed by atoms with van der Waals surface area (Å²) in [5.41, 5.74) is 2.30. The number of oxime groups is 1. The van der Waals surface area contributed by atoms with Crippen molar-refractivity contribution >= 4 is 5.71 Å². The van der Waals surface area contributed by atoms with Gasteiger partial charge in [-0.15, -0.1) is 0 Å². The molecule has 1 saturated heterocycles. The summed E-state index contributed by atoms with van der Waals surface area (Å²) >= 11 is 0. The Kier molecular flexibility index (Phi) is 4.37. The third-order valence-corrected chi connectivity index (χ3v) is 5.64. The lowest BCUT2D eigenvalue weighted by atomic mass is 9.58. The average molecular weight is 316 g/mol. The van der Waals surface area contributed by atoms with Gasteiger partial charge < -0.3 is 14.8 Å². The summed E-state index contributed by atoms with van der Waals surface area (Å²) in [5, 5.41) is 13.0. The van der Waals surface area contributed by atoms with E-state index in [9.17, 15) is 5.21 Å². The van der Waals surface area contributed by atoms with E-state index in [0.717, 1.165) is 37.3 Å². The van der Waals surface area contributed by atoms with Crippen LogP contribution < -0.4 is 4.74 Å². The van der Waals surface area contributed by atoms with Crippen molar-refractivity contribution in [3.8, 4) is 5.75 Å². The molecular weight excluding hydrogens is 288 g/mol. The highest BCUT2D eigenvalue weighted by Crippen LogP contribution is 2.49. The van der Waals surface area contributed by atoms with Crippen molar-refractivity contribution in [3.63, 3.8) is 0 Å². The molecule has 0 amide bonds. The van der Waals surface area contributed by atoms with Gasteiger partial charge in [-0.3, -0.25) is 0 Å². The summed E-state index contributed by atoms with van der Waals surface area (Å²) in [5.74, 6) is 1.44. The molecule has 1 aliphatic heterocycles. The molecule has 1 N–H and O–H groups in total. The van der Waals surface area contributed by atoms with Gasteiger partial charge in [0.15, 0.2) is 0 Å². The highest BCUT2D eigenvalue weighted by atomic mass is 16.5. The van der Waals surface area contributed by atoms with Crippen molar-refractivity contribution in [2.24, 2.45) is 11.1 Å². The van der Waals surface area contributed by atoms with Gasteiger partial charge in [-0.2, -0.15) is 0 Å². The first-order valence-corrected chi connectivity index (χ1v) is 8.62. The topological polar surface area (TPSA) is 45.1 Å². The fraction of sp³-hybridized carbons (Fsp3) is 0.632. The first-order valence-electron chi connectivity index (χ1n) is 8.62. The molecule has 0 radical (unpaired) electrons. The van der Waals surface area contributed by atoms with Crippen molar-refractivity contribution in [3.05, 3.63) is 29.8 Å². The number of benzene rings is 1. The van der Waals surface area contributed by atoms with E-state index in [0.29, 0.717) is 12.0 Å². The van der Waals surface area contributed by atoms with E-state index in [1.807, 2.05) is 6.07 Å². The number of fused-ring (bicyclic) bond motifs is 2. The number of rotatable bonds is 3. The van der Waals surface area contributed by atoms with E-state index in [4.69, 9.17) is 4.74 Å². The van der Waals surface area contributed by atoms with Gasteiger partial charge in [-0.25, -0.2) is 0 Å². The lowest BCUT2D eigenvalue weighted by Gasteiger charge is -2.53. The van der Waals surface area contributed by atoms with E-state index in [2.05, 4.69) is 56.1 Å². The van der Waals surface area contributed by atoms with Gasteiger partial charge in [0, 0.05) is 24.4 Å². The Morgan fingerprint density at radius 1 is 1.39 bits per heavy atom. The van der Waals surface area contributed by atoms with Crippen molar-refractivity contribution < 1.29 is 9.94 Å². The van der Waals surface area contributed by atoms with Crippen LogP contribution >= 0.6 is 0 Å². The molecule has 1 saturated carbocycles. The number of ether oxygens (including phenoxy) is 1. The normalized spacial score (nSPS) is 33.2. The second-order valence-corrected chi connectivity index (χ2v) is 7.60. The third-order valence-electron chi connectivity index (χ3n) is 5.64. The van der Waals surface area contributed by atoms with E-state index in [1.54, 1.807) is 0 Å². The minimum absolute atomic E-state index is 0.0489. The fourth-order valence-electron chi connectivity index (χ4n) is 4.45. The molecular formula is C19H28N2O2. The molecule has 1 aromatic rings. The molecule has 3 unspecified atom stereocenters. The van der Waals surface area contributed by atoms with Crippen LogP contribution in [0.25, 0.3) is 0 Å². The monoisotopic (exact) mass is 316 g/mol. The van der Waals surface area contributed by atoms with E-state index in [1.165, 1.54) is 5.56 Å². The fourth-order valence-corrected chi connectivity index (χ4v) is 4.45. The van der Waals surface area contributed by atoms with Gasteiger partial charge in [0.25, 0.3) is 0 Å². The zero-order valence-electron chi connectivity index (χ0n) is 14.6. The Labute approximate surface area is 139 Å². The molecule has 3 atom stereocenters. The van der Waals surface area contributed by atoms with Gasteiger partial charge in [-0.1, -0.05) is 24.2 Å². The van der Waals surface area contributed by atoms with Crippen molar-refractivity contribution in [1.29, 1.82) is 0 Å². The number of hydrogen-bond acceptors (Lipinski definition) is 4. The number of hydrogen-bond donors (Lipinski definition) is 1. The van der Waals surface area contributed by atoms with E-state index in [-0.39, 0.29) is 11.5 Å². The molecule has 1 aromatic carbocycles. The maximum Gasteiger partial charge on any atom is 0.119 e. The number of nitrogens with zero attached hydrogens (tertiary/aromatic N) is 2. The van der Waals surface area contributed by atoms with Crippen molar-refractivity contribution in [2.75, 3.05) is 13.6 Å². The van der Waals surface area contributed by atoms with Crippen molar-refractivity contribution in [2.45, 2.75) is 57.6 Å². The molecule has 4 heteroatoms. The molecule has 126 valence electrons. The van der Waals surface area contributed by atoms with Crippen LogP contribution in [-0.4, -0.2) is 41.6 Å². The SMILES string of the molecule is CC(C)Oc1cccc(C23CC(=NO)CC(C2)N(C)CC3C)c1. The zero-order chi connectivity index (χ0) is 16.6. The molecule has 2 fully saturated rings. The molecule has 4 nitrogen and oxygen atoms in total. The molecule has 2 bridgehead atoms. The molecule has 2 aliphatic rings. The Morgan fingerprint density at radius 2 is 2.17 bits per heavy atom. The summed E-state index contributed by atoms with van der Waals surface area (Å²) in [6, 6.07) is 8.99. The van der Waals surface area contributed by atoms with Gasteiger partial charge in [0.2, 0.25) is 0 Å². The molecule has 1 heterocycles. The minimum Gasteiger partial charge on any atom is -0.491 e. The summed E-state index contributed by atoms with van der Waals surface area (Å²) in [6.07, 6.45) is 3.02. The molecule has 0 aromatic heterocycles. The summed E-state index contributed by atoms with van der Waals surface area (Å²) in [6.45, 7) is 7.51. The van der Waals surface area contributed by atoms with Crippen LogP contribution in [0, 0.1) is 5.92 Å². The Balaban J connectivity index is 2.00. The van der Waals surface area contributed by atoms with Gasteiger partial charge in [0.05, 0.1) is 11.8 Å². The van der Waals surface area contributed by atoms with Crippen LogP contribution in [-0.2, 0) is 5.41 Å². The maximum absolute atomic E-state index is 9.40. The van der Waals surface area contributed by atoms with Crippen LogP contribution in [0.15, 0.2) is 29.4 Å². The van der Waals surface area contributed by atoms with E-state index < -0.39 is 0 Å². The van der Waals surface area contributed by atoms with Crippen LogP contribution in [0.5, 0.6) is 5.75 Å². The third kappa shape index (κ3) is 2.97. The molecule has 0 spiro atoms. The lowest BCUT2D eigenvalue weighted by Crippen LogP contribution is -2.57. The standard InChI is InChI=1S/C19H28N2O2/c1-13(2)23-18-7-5-6-15(8-18)19-10-16(20-22)9-17(11-19)21(4)12-14(19)3/h5-8,13-14,17,22H,9-12H2,1-4H3. The molecule has 23 heavy (non-hydrogen) atoms. The molecule has 1 aliphatic carbocycles. The number of likely N-dealkylation sites (tertiary alicyclic amines) is 1. The second-order valence-electron chi connectivity index (χ2n) is 7.60. The van der Waals surface area contributed by atoms with Gasteiger partial charge >= 0.3 is 0 Å². The van der Waals surface area contributed by atoms with Gasteiger partial charge in [-0.05, 0) is 57.4 Å². The average Bonchev–Trinajstić information content (AvgIpc) is 2.52. The Bertz CT molecular complexity index is 599. The Morgan fingerprint density at radius 3 is 2.87 bits per heavy atom. The van der Waals surface area contributed by atoms with Crippen LogP contribution in [0.3, 0.4) is 0 Å². The minimum atomic E-state index is 0.0489. The molecule has 3 rings (SSSR count). The zero-order valence-corrected chi connectivity index (χ0v) is 14.6. The maximum atomic E-state index is 9.40. The van der Waals surface area contributed by atoms with Crippen LogP contribution in [0.4, 0.5) is 0 Å². The van der Waals surface area contributed by atoms with Gasteiger partial charge in [0.1, 0.15) is 5.75 Å². The smallest absolute Gasteiger partial charge is 0.119 e.